The Hall–Kier alpha value is -4.21. The fourth-order valence-corrected chi connectivity index (χ4v) is 4.41. The van der Waals surface area contributed by atoms with Crippen molar-refractivity contribution in [1.29, 1.82) is 0 Å². The van der Waals surface area contributed by atoms with Gasteiger partial charge in [0.1, 0.15) is 0 Å². The van der Waals surface area contributed by atoms with Crippen molar-refractivity contribution in [3.63, 3.8) is 0 Å². The van der Waals surface area contributed by atoms with Gasteiger partial charge in [-0.2, -0.15) is 0 Å². The molecule has 0 spiro atoms. The van der Waals surface area contributed by atoms with Gasteiger partial charge >= 0.3 is 31.3 Å². The van der Waals surface area contributed by atoms with Gasteiger partial charge in [0, 0.05) is 24.8 Å². The van der Waals surface area contributed by atoms with Crippen LogP contribution in [-0.2, 0) is 33.1 Å². The Morgan fingerprint density at radius 3 is 0.826 bits per heavy atom. The van der Waals surface area contributed by atoms with Gasteiger partial charge in [-0.1, -0.05) is 30.3 Å². The topological polar surface area (TPSA) is 97.5 Å². The van der Waals surface area contributed by atoms with Crippen LogP contribution in [0.15, 0.2) is 116 Å². The van der Waals surface area contributed by atoms with Crippen molar-refractivity contribution in [1.82, 2.24) is 24.9 Å². The minimum atomic E-state index is -6.00. The minimum Gasteiger partial charge on any atom is -0.457 e. The molecule has 245 valence electrons. The first kappa shape index (κ1) is 39.8. The molecule has 0 aliphatic carbocycles. The molecule has 0 saturated heterocycles. The molecule has 5 aromatic heterocycles. The third-order valence-electron chi connectivity index (χ3n) is 6.48. The van der Waals surface area contributed by atoms with Gasteiger partial charge in [-0.3, -0.25) is 24.9 Å². The van der Waals surface area contributed by atoms with Crippen molar-refractivity contribution < 1.29 is 56.8 Å². The normalized spacial score (nSPS) is 11.3. The molecule has 3 N–H and O–H groups in total. The Bertz CT molecular complexity index is 1380. The number of pyridine rings is 5. The van der Waals surface area contributed by atoms with Gasteiger partial charge in [0.05, 0.1) is 45.0 Å². The largest absolute Gasteiger partial charge is 2.00 e. The van der Waals surface area contributed by atoms with Crippen molar-refractivity contribution >= 4 is 14.5 Å². The Morgan fingerprint density at radius 1 is 0.413 bits per heavy atom. The summed E-state index contributed by atoms with van der Waals surface area (Å²) in [5.41, 5.74) is 3.97. The monoisotopic (exact) mass is 695 g/mol. The summed E-state index contributed by atoms with van der Waals surface area (Å²) in [6.45, 7) is 4.26. The SMILES string of the molecule is CC(c1ccccn1)(c1ccccn1)c1cccc(C(C)(c2ccccn2)c2ccccn2)n1.F[B-](F)(F)F.F[B-](F)(F)F.[Co+2].[OH3+]. The van der Waals surface area contributed by atoms with Crippen LogP contribution in [0, 0.1) is 0 Å². The molecule has 0 unspecified atom stereocenters. The van der Waals surface area contributed by atoms with E-state index in [2.05, 4.69) is 13.8 Å². The van der Waals surface area contributed by atoms with Gasteiger partial charge in [0.25, 0.3) is 0 Å². The van der Waals surface area contributed by atoms with Crippen molar-refractivity contribution in [2.75, 3.05) is 0 Å². The van der Waals surface area contributed by atoms with E-state index in [-0.39, 0.29) is 22.3 Å². The molecule has 0 amide bonds. The van der Waals surface area contributed by atoms with E-state index in [0.717, 1.165) is 34.2 Å². The average molecular weight is 695 g/mol. The van der Waals surface area contributed by atoms with E-state index in [0.29, 0.717) is 0 Å². The summed E-state index contributed by atoms with van der Waals surface area (Å²) in [6.07, 6.45) is 7.25. The van der Waals surface area contributed by atoms with Crippen LogP contribution in [0.1, 0.15) is 48.0 Å². The summed E-state index contributed by atoms with van der Waals surface area (Å²) in [6, 6.07) is 29.9. The summed E-state index contributed by atoms with van der Waals surface area (Å²) in [7, 11) is -12.0. The molecule has 5 aromatic rings. The number of aromatic nitrogens is 5. The van der Waals surface area contributed by atoms with E-state index in [9.17, 15) is 34.5 Å². The van der Waals surface area contributed by atoms with Crippen LogP contribution >= 0.6 is 0 Å². The molecule has 6 nitrogen and oxygen atoms in total. The molecule has 1 radical (unpaired) electrons. The zero-order valence-electron chi connectivity index (χ0n) is 24.3. The van der Waals surface area contributed by atoms with E-state index < -0.39 is 25.3 Å². The van der Waals surface area contributed by atoms with Crippen molar-refractivity contribution in [3.05, 3.63) is 150 Å². The van der Waals surface area contributed by atoms with E-state index in [1.165, 1.54) is 0 Å². The van der Waals surface area contributed by atoms with Crippen molar-refractivity contribution in [2.24, 2.45) is 0 Å². The van der Waals surface area contributed by atoms with E-state index >= 15 is 0 Å². The average Bonchev–Trinajstić information content (AvgIpc) is 3.00. The molecule has 5 heterocycles. The standard InChI is InChI=1S/C29H25N5.2BF4.Co.H2O/c1-28(22-12-3-7-18-30-22,23-13-4-8-19-31-23)26-16-11-17-27(34-26)29(2,24-14-5-9-20-32-24)25-15-6-10-21-33-25;2*2-1(3,4)5;;/h3-21H,1-2H3;;;;1H2/q;2*-1;+2;/p+1. The molecular formula is C29H28B2CoF8N5O+. The molecule has 0 aromatic carbocycles. The summed E-state index contributed by atoms with van der Waals surface area (Å²) < 4.78 is 78.0. The fraction of sp³-hybridized carbons (Fsp3) is 0.138. The van der Waals surface area contributed by atoms with Crippen LogP contribution in [0.3, 0.4) is 0 Å². The molecule has 5 rings (SSSR count). The predicted molar refractivity (Wildman–Crippen MR) is 158 cm³/mol. The van der Waals surface area contributed by atoms with Crippen LogP contribution in [0.2, 0.25) is 0 Å². The van der Waals surface area contributed by atoms with Crippen LogP contribution in [0.5, 0.6) is 0 Å². The molecule has 0 bridgehead atoms. The second kappa shape index (κ2) is 16.9. The van der Waals surface area contributed by atoms with E-state index in [1.54, 1.807) is 0 Å². The Kier molecular flexibility index (Phi) is 14.6. The molecule has 0 aliphatic rings. The molecule has 46 heavy (non-hydrogen) atoms. The van der Waals surface area contributed by atoms with Gasteiger partial charge in [-0.05, 0) is 74.5 Å². The van der Waals surface area contributed by atoms with Crippen LogP contribution in [0.25, 0.3) is 0 Å². The third kappa shape index (κ3) is 11.0. The van der Waals surface area contributed by atoms with Gasteiger partial charge < -0.3 is 40.0 Å². The molecule has 17 heteroatoms. The number of nitrogens with zero attached hydrogens (tertiary/aromatic N) is 5. The maximum absolute atomic E-state index is 9.75. The van der Waals surface area contributed by atoms with E-state index in [4.69, 9.17) is 24.9 Å². The summed E-state index contributed by atoms with van der Waals surface area (Å²) in [4.78, 5) is 24.1. The molecule has 0 saturated carbocycles. The van der Waals surface area contributed by atoms with Crippen molar-refractivity contribution in [3.8, 4) is 0 Å². The maximum Gasteiger partial charge on any atom is 2.00 e. The van der Waals surface area contributed by atoms with Crippen LogP contribution in [-0.4, -0.2) is 39.4 Å². The third-order valence-corrected chi connectivity index (χ3v) is 6.48. The fourth-order valence-electron chi connectivity index (χ4n) is 4.41. The molecule has 0 fully saturated rings. The predicted octanol–water partition coefficient (Wildman–Crippen LogP) is 7.05. The summed E-state index contributed by atoms with van der Waals surface area (Å²) >= 11 is 0. The maximum atomic E-state index is 9.75. The van der Waals surface area contributed by atoms with Gasteiger partial charge in [-0.25, -0.2) is 0 Å². The van der Waals surface area contributed by atoms with Gasteiger partial charge in [0.2, 0.25) is 0 Å². The summed E-state index contributed by atoms with van der Waals surface area (Å²) in [5, 5.41) is 0. The first-order chi connectivity index (χ1) is 20.6. The molecule has 0 aliphatic heterocycles. The Morgan fingerprint density at radius 2 is 0.630 bits per heavy atom. The molecule has 0 atom stereocenters. The number of hydrogen-bond donors (Lipinski definition) is 0. The number of halogens is 8. The van der Waals surface area contributed by atoms with Gasteiger partial charge in [-0.15, -0.1) is 0 Å². The molecular weight excluding hydrogens is 667 g/mol. The van der Waals surface area contributed by atoms with E-state index in [1.807, 2.05) is 116 Å². The smallest absolute Gasteiger partial charge is 0.457 e. The summed E-state index contributed by atoms with van der Waals surface area (Å²) in [5.74, 6) is 0. The number of rotatable bonds is 6. The first-order valence-corrected chi connectivity index (χ1v) is 13.0. The second-order valence-corrected chi connectivity index (χ2v) is 9.51. The van der Waals surface area contributed by atoms with Crippen molar-refractivity contribution in [2.45, 2.75) is 24.7 Å². The second-order valence-electron chi connectivity index (χ2n) is 9.51. The minimum absolute atomic E-state index is 0. The zero-order valence-corrected chi connectivity index (χ0v) is 25.3. The number of hydrogen-bond acceptors (Lipinski definition) is 5. The van der Waals surface area contributed by atoms with Crippen LogP contribution in [0.4, 0.5) is 34.5 Å². The first-order valence-electron chi connectivity index (χ1n) is 13.0. The zero-order chi connectivity index (χ0) is 32.4. The quantitative estimate of drug-likeness (QED) is 0.108. The van der Waals surface area contributed by atoms with Gasteiger partial charge in [0.15, 0.2) is 0 Å². The Labute approximate surface area is 270 Å². The Balaban J connectivity index is 0.000000773. The van der Waals surface area contributed by atoms with Crippen LogP contribution < -0.4 is 0 Å².